The lowest BCUT2D eigenvalue weighted by Crippen LogP contribution is -2.54. The zero-order valence-corrected chi connectivity index (χ0v) is 6.41. The zero-order chi connectivity index (χ0) is 5.61. The van der Waals surface area contributed by atoms with Gasteiger partial charge in [-0.2, -0.15) is 0 Å². The van der Waals surface area contributed by atoms with E-state index in [4.69, 9.17) is 5.73 Å². The molecule has 3 aliphatic carbocycles. The van der Waals surface area contributed by atoms with Gasteiger partial charge in [0.05, 0.1) is 0 Å². The van der Waals surface area contributed by atoms with E-state index >= 15 is 0 Å². The fraction of sp³-hybridized carbons (Fsp3) is 1.00. The monoisotopic (exact) mass is 147 g/mol. The topological polar surface area (TPSA) is 26.0 Å². The van der Waals surface area contributed by atoms with Crippen LogP contribution in [0.25, 0.3) is 0 Å². The van der Waals surface area contributed by atoms with E-state index in [0.717, 1.165) is 5.92 Å². The van der Waals surface area contributed by atoms with E-state index in [1.54, 1.807) is 0 Å². The summed E-state index contributed by atoms with van der Waals surface area (Å²) < 4.78 is 0. The molecule has 0 aromatic carbocycles. The van der Waals surface area contributed by atoms with Crippen molar-refractivity contribution in [3.63, 3.8) is 0 Å². The van der Waals surface area contributed by atoms with Crippen LogP contribution in [0.4, 0.5) is 0 Å². The van der Waals surface area contributed by atoms with Crippen LogP contribution in [0.15, 0.2) is 0 Å². The number of hydrogen-bond acceptors (Lipinski definition) is 1. The number of rotatable bonds is 0. The normalized spacial score (nSPS) is 47.0. The third-order valence-corrected chi connectivity index (χ3v) is 2.68. The predicted molar refractivity (Wildman–Crippen MR) is 40.7 cm³/mol. The molecule has 0 unspecified atom stereocenters. The third-order valence-electron chi connectivity index (χ3n) is 2.68. The van der Waals surface area contributed by atoms with Crippen molar-refractivity contribution in [3.05, 3.63) is 0 Å². The first kappa shape index (κ1) is 7.36. The SMILES string of the molecule is Cl.NC12CCCC(C1)C2. The maximum atomic E-state index is 5.94. The van der Waals surface area contributed by atoms with Gasteiger partial charge in [-0.15, -0.1) is 12.4 Å². The van der Waals surface area contributed by atoms with Gasteiger partial charge in [0.25, 0.3) is 0 Å². The van der Waals surface area contributed by atoms with Crippen molar-refractivity contribution in [2.45, 2.75) is 37.6 Å². The standard InChI is InChI=1S/C7H13N.ClH/c8-7-3-1-2-6(4-7)5-7;/h6H,1-5,8H2;1H. The first-order valence-electron chi connectivity index (χ1n) is 3.57. The molecule has 0 aromatic heterocycles. The van der Waals surface area contributed by atoms with Crippen molar-refractivity contribution in [1.82, 2.24) is 0 Å². The second kappa shape index (κ2) is 2.14. The van der Waals surface area contributed by atoms with Gasteiger partial charge in [-0.3, -0.25) is 0 Å². The summed E-state index contributed by atoms with van der Waals surface area (Å²) in [5.74, 6) is 1.02. The average Bonchev–Trinajstić information content (AvgIpc) is 1.63. The van der Waals surface area contributed by atoms with E-state index in [1.807, 2.05) is 0 Å². The van der Waals surface area contributed by atoms with Gasteiger partial charge in [0, 0.05) is 5.54 Å². The number of halogens is 1. The van der Waals surface area contributed by atoms with Gasteiger partial charge in [-0.05, 0) is 25.2 Å². The second-order valence-corrected chi connectivity index (χ2v) is 3.53. The highest BCUT2D eigenvalue weighted by Crippen LogP contribution is 2.46. The van der Waals surface area contributed by atoms with E-state index < -0.39 is 0 Å². The molecule has 0 aromatic rings. The minimum Gasteiger partial charge on any atom is -0.325 e. The first-order chi connectivity index (χ1) is 3.79. The summed E-state index contributed by atoms with van der Waals surface area (Å²) in [5.41, 5.74) is 6.27. The van der Waals surface area contributed by atoms with Gasteiger partial charge in [-0.1, -0.05) is 12.8 Å². The highest BCUT2D eigenvalue weighted by molar-refractivity contribution is 5.85. The Morgan fingerprint density at radius 1 is 1.33 bits per heavy atom. The van der Waals surface area contributed by atoms with Crippen LogP contribution >= 0.6 is 12.4 Å². The van der Waals surface area contributed by atoms with Gasteiger partial charge in [-0.25, -0.2) is 0 Å². The lowest BCUT2D eigenvalue weighted by molar-refractivity contribution is 0.0784. The third kappa shape index (κ3) is 1.08. The Morgan fingerprint density at radius 3 is 2.22 bits per heavy atom. The maximum Gasteiger partial charge on any atom is 0.0159 e. The van der Waals surface area contributed by atoms with Crippen molar-refractivity contribution >= 4 is 12.4 Å². The molecule has 0 atom stereocenters. The highest BCUT2D eigenvalue weighted by Gasteiger charge is 2.43. The van der Waals surface area contributed by atoms with Gasteiger partial charge in [0.15, 0.2) is 0 Å². The van der Waals surface area contributed by atoms with Gasteiger partial charge in [0.2, 0.25) is 0 Å². The van der Waals surface area contributed by atoms with Crippen LogP contribution in [0.2, 0.25) is 0 Å². The van der Waals surface area contributed by atoms with Crippen molar-refractivity contribution in [3.8, 4) is 0 Å². The molecule has 0 amide bonds. The number of nitrogens with two attached hydrogens (primary N) is 1. The summed E-state index contributed by atoms with van der Waals surface area (Å²) in [6.45, 7) is 0. The van der Waals surface area contributed by atoms with Crippen LogP contribution in [0.5, 0.6) is 0 Å². The average molecular weight is 148 g/mol. The largest absolute Gasteiger partial charge is 0.325 e. The summed E-state index contributed by atoms with van der Waals surface area (Å²) in [6.07, 6.45) is 6.80. The smallest absolute Gasteiger partial charge is 0.0159 e. The molecule has 1 nitrogen and oxygen atoms in total. The summed E-state index contributed by atoms with van der Waals surface area (Å²) in [7, 11) is 0. The molecule has 0 radical (unpaired) electrons. The number of hydrogen-bond donors (Lipinski definition) is 1. The fourth-order valence-corrected chi connectivity index (χ4v) is 2.24. The minimum absolute atomic E-state index is 0. The van der Waals surface area contributed by atoms with Crippen LogP contribution < -0.4 is 5.73 Å². The fourth-order valence-electron chi connectivity index (χ4n) is 2.24. The second-order valence-electron chi connectivity index (χ2n) is 3.53. The van der Waals surface area contributed by atoms with Gasteiger partial charge in [0.1, 0.15) is 0 Å². The number of fused-ring (bicyclic) bond motifs is 2. The molecule has 0 saturated heterocycles. The van der Waals surface area contributed by atoms with Crippen molar-refractivity contribution in [2.75, 3.05) is 0 Å². The molecule has 3 aliphatic rings. The van der Waals surface area contributed by atoms with E-state index in [-0.39, 0.29) is 12.4 Å². The lowest BCUT2D eigenvalue weighted by atomic mass is 9.60. The summed E-state index contributed by atoms with van der Waals surface area (Å²) in [6, 6.07) is 0. The first-order valence-corrected chi connectivity index (χ1v) is 3.57. The summed E-state index contributed by atoms with van der Waals surface area (Å²) in [5, 5.41) is 0. The molecule has 2 N–H and O–H groups in total. The van der Waals surface area contributed by atoms with Crippen LogP contribution in [0.1, 0.15) is 32.1 Å². The zero-order valence-electron chi connectivity index (χ0n) is 5.60. The Hall–Kier alpha value is 0.250. The minimum atomic E-state index is 0. The van der Waals surface area contributed by atoms with Crippen molar-refractivity contribution in [1.29, 1.82) is 0 Å². The van der Waals surface area contributed by atoms with Gasteiger partial charge >= 0.3 is 0 Å². The van der Waals surface area contributed by atoms with Crippen LogP contribution in [-0.4, -0.2) is 5.54 Å². The van der Waals surface area contributed by atoms with Crippen molar-refractivity contribution in [2.24, 2.45) is 11.7 Å². The molecular formula is C7H14ClN. The molecule has 54 valence electrons. The Morgan fingerprint density at radius 2 is 2.00 bits per heavy atom. The molecule has 9 heavy (non-hydrogen) atoms. The Bertz CT molecular complexity index is 102. The molecule has 2 bridgehead atoms. The summed E-state index contributed by atoms with van der Waals surface area (Å²) >= 11 is 0. The Kier molecular flexibility index (Phi) is 1.75. The summed E-state index contributed by atoms with van der Waals surface area (Å²) in [4.78, 5) is 0. The predicted octanol–water partition coefficient (Wildman–Crippen LogP) is 1.70. The van der Waals surface area contributed by atoms with Crippen LogP contribution in [-0.2, 0) is 0 Å². The lowest BCUT2D eigenvalue weighted by Gasteiger charge is -2.50. The van der Waals surface area contributed by atoms with E-state index in [1.165, 1.54) is 32.1 Å². The van der Waals surface area contributed by atoms with Gasteiger partial charge < -0.3 is 5.73 Å². The molecule has 0 heterocycles. The quantitative estimate of drug-likeness (QED) is 0.555. The Balaban J connectivity index is 0.000000405. The van der Waals surface area contributed by atoms with E-state index in [0.29, 0.717) is 5.54 Å². The maximum absolute atomic E-state index is 5.94. The van der Waals surface area contributed by atoms with Crippen molar-refractivity contribution < 1.29 is 0 Å². The van der Waals surface area contributed by atoms with Crippen LogP contribution in [0.3, 0.4) is 0 Å². The molecule has 2 heteroatoms. The van der Waals surface area contributed by atoms with Crippen LogP contribution in [0, 0.1) is 5.92 Å². The Labute approximate surface area is 62.4 Å². The van der Waals surface area contributed by atoms with E-state index in [2.05, 4.69) is 0 Å². The molecular weight excluding hydrogens is 134 g/mol. The molecule has 3 saturated carbocycles. The molecule has 3 fully saturated rings. The van der Waals surface area contributed by atoms with E-state index in [9.17, 15) is 0 Å². The molecule has 3 rings (SSSR count). The molecule has 0 aliphatic heterocycles. The highest BCUT2D eigenvalue weighted by atomic mass is 35.5. The molecule has 0 spiro atoms.